The minimum Gasteiger partial charge on any atom is -0.497 e. The van der Waals surface area contributed by atoms with E-state index in [1.807, 2.05) is 75.4 Å². The molecule has 0 aromatic heterocycles. The quantitative estimate of drug-likeness (QED) is 0.579. The number of methoxy groups -OCH3 is 1. The molecule has 0 radical (unpaired) electrons. The number of nitrogens with zero attached hydrogens (tertiary/aromatic N) is 1. The van der Waals surface area contributed by atoms with Crippen molar-refractivity contribution in [2.45, 2.75) is 58.7 Å². The Bertz CT molecular complexity index is 829. The van der Waals surface area contributed by atoms with Crippen LogP contribution >= 0.6 is 0 Å². The van der Waals surface area contributed by atoms with Crippen LogP contribution in [0.5, 0.6) is 11.5 Å². The molecule has 1 unspecified atom stereocenters. The Labute approximate surface area is 185 Å². The van der Waals surface area contributed by atoms with Crippen molar-refractivity contribution in [3.63, 3.8) is 0 Å². The van der Waals surface area contributed by atoms with E-state index in [-0.39, 0.29) is 17.4 Å². The predicted octanol–water partition coefficient (Wildman–Crippen LogP) is 4.19. The maximum atomic E-state index is 13.1. The van der Waals surface area contributed by atoms with Crippen LogP contribution in [0.4, 0.5) is 0 Å². The molecule has 2 rings (SSSR count). The van der Waals surface area contributed by atoms with Crippen molar-refractivity contribution in [1.29, 1.82) is 0 Å². The number of ether oxygens (including phenoxy) is 2. The van der Waals surface area contributed by atoms with Crippen molar-refractivity contribution in [1.82, 2.24) is 10.2 Å². The van der Waals surface area contributed by atoms with E-state index in [4.69, 9.17) is 9.47 Å². The number of para-hydroxylation sites is 1. The van der Waals surface area contributed by atoms with Crippen molar-refractivity contribution in [3.05, 3.63) is 60.2 Å². The van der Waals surface area contributed by atoms with Gasteiger partial charge in [0.2, 0.25) is 11.8 Å². The minimum atomic E-state index is -0.594. The summed E-state index contributed by atoms with van der Waals surface area (Å²) in [5.74, 6) is 1.28. The van der Waals surface area contributed by atoms with Gasteiger partial charge in [0.1, 0.15) is 17.5 Å². The molecule has 0 bridgehead atoms. The third-order valence-corrected chi connectivity index (χ3v) is 4.72. The van der Waals surface area contributed by atoms with Gasteiger partial charge in [-0.1, -0.05) is 30.3 Å². The van der Waals surface area contributed by atoms with Crippen molar-refractivity contribution in [3.8, 4) is 11.5 Å². The van der Waals surface area contributed by atoms with E-state index in [9.17, 15) is 9.59 Å². The Kier molecular flexibility index (Phi) is 8.91. The van der Waals surface area contributed by atoms with Gasteiger partial charge in [0.05, 0.1) is 13.7 Å². The van der Waals surface area contributed by atoms with Gasteiger partial charge in [0.15, 0.2) is 0 Å². The summed E-state index contributed by atoms with van der Waals surface area (Å²) in [6.07, 6.45) is 0.872. The summed E-state index contributed by atoms with van der Waals surface area (Å²) in [6.45, 7) is 8.33. The van der Waals surface area contributed by atoms with E-state index in [0.29, 0.717) is 26.0 Å². The van der Waals surface area contributed by atoms with Gasteiger partial charge in [-0.15, -0.1) is 0 Å². The highest BCUT2D eigenvalue weighted by Crippen LogP contribution is 2.17. The molecule has 31 heavy (non-hydrogen) atoms. The van der Waals surface area contributed by atoms with Crippen LogP contribution in [0, 0.1) is 0 Å². The van der Waals surface area contributed by atoms with Crippen LogP contribution in [0.1, 0.15) is 46.1 Å². The van der Waals surface area contributed by atoms with Gasteiger partial charge in [-0.25, -0.2) is 0 Å². The number of nitrogens with one attached hydrogen (secondary N) is 1. The van der Waals surface area contributed by atoms with Gasteiger partial charge in [-0.3, -0.25) is 9.59 Å². The minimum absolute atomic E-state index is 0.0796. The summed E-state index contributed by atoms with van der Waals surface area (Å²) >= 11 is 0. The molecule has 2 aromatic carbocycles. The number of carbonyl (C=O) groups is 2. The number of benzene rings is 2. The Morgan fingerprint density at radius 3 is 2.23 bits per heavy atom. The molecule has 1 atom stereocenters. The summed E-state index contributed by atoms with van der Waals surface area (Å²) in [7, 11) is 1.61. The SMILES string of the molecule is COc1ccc(CN(C(=O)CCCOc2ccccc2)C(C)C(=O)NC(C)(C)C)cc1. The lowest BCUT2D eigenvalue weighted by Gasteiger charge is -2.31. The van der Waals surface area contributed by atoms with Gasteiger partial charge in [-0.05, 0) is 63.9 Å². The molecule has 1 N–H and O–H groups in total. The average molecular weight is 427 g/mol. The molecule has 6 nitrogen and oxygen atoms in total. The third-order valence-electron chi connectivity index (χ3n) is 4.72. The van der Waals surface area contributed by atoms with E-state index in [0.717, 1.165) is 17.1 Å². The van der Waals surface area contributed by atoms with Gasteiger partial charge in [0, 0.05) is 18.5 Å². The largest absolute Gasteiger partial charge is 0.497 e. The molecule has 0 aliphatic carbocycles. The molecular formula is C25H34N2O4. The smallest absolute Gasteiger partial charge is 0.242 e. The van der Waals surface area contributed by atoms with Crippen molar-refractivity contribution in [2.24, 2.45) is 0 Å². The number of hydrogen-bond donors (Lipinski definition) is 1. The van der Waals surface area contributed by atoms with E-state index in [1.165, 1.54) is 0 Å². The normalized spacial score (nSPS) is 12.0. The highest BCUT2D eigenvalue weighted by atomic mass is 16.5. The third kappa shape index (κ3) is 8.32. The molecule has 168 valence electrons. The summed E-state index contributed by atoms with van der Waals surface area (Å²) in [5.41, 5.74) is 0.564. The van der Waals surface area contributed by atoms with Crippen molar-refractivity contribution >= 4 is 11.8 Å². The summed E-state index contributed by atoms with van der Waals surface area (Å²) < 4.78 is 10.9. The number of hydrogen-bond acceptors (Lipinski definition) is 4. The van der Waals surface area contributed by atoms with Gasteiger partial charge >= 0.3 is 0 Å². The first kappa shape index (κ1) is 24.3. The predicted molar refractivity (Wildman–Crippen MR) is 122 cm³/mol. The average Bonchev–Trinajstić information content (AvgIpc) is 2.74. The van der Waals surface area contributed by atoms with Crippen LogP contribution in [0.15, 0.2) is 54.6 Å². The number of carbonyl (C=O) groups excluding carboxylic acids is 2. The molecule has 0 aliphatic heterocycles. The van der Waals surface area contributed by atoms with E-state index in [2.05, 4.69) is 5.32 Å². The molecule has 2 amide bonds. The fourth-order valence-electron chi connectivity index (χ4n) is 3.06. The number of rotatable bonds is 10. The van der Waals surface area contributed by atoms with Gasteiger partial charge < -0.3 is 19.7 Å². The zero-order valence-electron chi connectivity index (χ0n) is 19.2. The highest BCUT2D eigenvalue weighted by Gasteiger charge is 2.28. The lowest BCUT2D eigenvalue weighted by atomic mass is 10.1. The van der Waals surface area contributed by atoms with Crippen molar-refractivity contribution in [2.75, 3.05) is 13.7 Å². The van der Waals surface area contributed by atoms with Crippen LogP contribution in [-0.4, -0.2) is 42.0 Å². The first-order chi connectivity index (χ1) is 14.7. The summed E-state index contributed by atoms with van der Waals surface area (Å²) in [6, 6.07) is 16.4. The fourth-order valence-corrected chi connectivity index (χ4v) is 3.06. The van der Waals surface area contributed by atoms with Crippen LogP contribution in [0.2, 0.25) is 0 Å². The number of amides is 2. The zero-order chi connectivity index (χ0) is 22.9. The van der Waals surface area contributed by atoms with E-state index in [1.54, 1.807) is 18.9 Å². The highest BCUT2D eigenvalue weighted by molar-refractivity contribution is 5.87. The first-order valence-electron chi connectivity index (χ1n) is 10.6. The molecule has 0 saturated carbocycles. The Morgan fingerprint density at radius 1 is 1.00 bits per heavy atom. The van der Waals surface area contributed by atoms with Gasteiger partial charge in [0.25, 0.3) is 0 Å². The monoisotopic (exact) mass is 426 g/mol. The van der Waals surface area contributed by atoms with E-state index < -0.39 is 6.04 Å². The lowest BCUT2D eigenvalue weighted by Crippen LogP contribution is -2.52. The lowest BCUT2D eigenvalue weighted by molar-refractivity contribution is -0.141. The summed E-state index contributed by atoms with van der Waals surface area (Å²) in [5, 5.41) is 2.97. The van der Waals surface area contributed by atoms with Crippen LogP contribution in [-0.2, 0) is 16.1 Å². The van der Waals surface area contributed by atoms with Crippen molar-refractivity contribution < 1.29 is 19.1 Å². The standard InChI is InChI=1S/C25H34N2O4/c1-19(24(29)26-25(2,3)4)27(18-20-13-15-21(30-5)16-14-20)23(28)12-9-17-31-22-10-7-6-8-11-22/h6-8,10-11,13-16,19H,9,12,17-18H2,1-5H3,(H,26,29). The second-order valence-electron chi connectivity index (χ2n) is 8.55. The Balaban J connectivity index is 2.03. The molecule has 0 heterocycles. The van der Waals surface area contributed by atoms with E-state index >= 15 is 0 Å². The Morgan fingerprint density at radius 2 is 1.65 bits per heavy atom. The van der Waals surface area contributed by atoms with Crippen LogP contribution in [0.25, 0.3) is 0 Å². The first-order valence-corrected chi connectivity index (χ1v) is 10.6. The Hall–Kier alpha value is -3.02. The maximum absolute atomic E-state index is 13.1. The fraction of sp³-hybridized carbons (Fsp3) is 0.440. The summed E-state index contributed by atoms with van der Waals surface area (Å²) in [4.78, 5) is 27.5. The maximum Gasteiger partial charge on any atom is 0.242 e. The zero-order valence-corrected chi connectivity index (χ0v) is 19.2. The van der Waals surface area contributed by atoms with Crippen LogP contribution in [0.3, 0.4) is 0 Å². The molecule has 0 saturated heterocycles. The van der Waals surface area contributed by atoms with Crippen LogP contribution < -0.4 is 14.8 Å². The molecule has 2 aromatic rings. The topological polar surface area (TPSA) is 67.9 Å². The van der Waals surface area contributed by atoms with Gasteiger partial charge in [-0.2, -0.15) is 0 Å². The molecule has 0 fully saturated rings. The molecule has 0 spiro atoms. The molecular weight excluding hydrogens is 392 g/mol. The second kappa shape index (κ2) is 11.4. The molecule has 6 heteroatoms. The molecule has 0 aliphatic rings. The second-order valence-corrected chi connectivity index (χ2v) is 8.55.